The molecule has 0 aromatic carbocycles. The van der Waals surface area contributed by atoms with E-state index in [1.54, 1.807) is 6.92 Å². The number of amides is 1. The van der Waals surface area contributed by atoms with Crippen LogP contribution in [0.25, 0.3) is 0 Å². The van der Waals surface area contributed by atoms with Crippen LogP contribution in [0.2, 0.25) is 0 Å². The normalized spacial score (nSPS) is 18.0. The number of rotatable bonds is 17. The van der Waals surface area contributed by atoms with Crippen molar-refractivity contribution in [2.24, 2.45) is 11.8 Å². The number of Topliss-reactive ketones (excluding diaryl/α,β-unsaturated/α-hetero) is 1. The molecule has 32 heavy (non-hydrogen) atoms. The molecular weight excluding hydrogens is 416 g/mol. The van der Waals surface area contributed by atoms with Crippen LogP contribution in [-0.2, 0) is 9.59 Å². The fraction of sp³-hybridized carbons (Fsp3) is 0.913. The van der Waals surface area contributed by atoms with Gasteiger partial charge in [0.15, 0.2) is 5.78 Å². The molecule has 7 N–H and O–H groups in total. The molecule has 0 aliphatic carbocycles. The van der Waals surface area contributed by atoms with Crippen molar-refractivity contribution in [3.8, 4) is 0 Å². The molecule has 0 spiro atoms. The van der Waals surface area contributed by atoms with E-state index >= 15 is 0 Å². The molecule has 0 aromatic heterocycles. The van der Waals surface area contributed by atoms with E-state index in [9.17, 15) is 30.0 Å². The van der Waals surface area contributed by atoms with Gasteiger partial charge in [0.2, 0.25) is 5.91 Å². The Morgan fingerprint density at radius 3 is 1.84 bits per heavy atom. The lowest BCUT2D eigenvalue weighted by Gasteiger charge is -2.35. The summed E-state index contributed by atoms with van der Waals surface area (Å²) in [5.41, 5.74) is -0.230. The molecule has 0 rings (SSSR count). The zero-order chi connectivity index (χ0) is 25.1. The molecule has 6 atom stereocenters. The second-order valence-corrected chi connectivity index (χ2v) is 9.06. The van der Waals surface area contributed by atoms with Crippen molar-refractivity contribution in [2.75, 3.05) is 13.2 Å². The number of nitrogens with one attached hydrogen (secondary N) is 2. The van der Waals surface area contributed by atoms with Crippen LogP contribution in [-0.4, -0.2) is 86.4 Å². The maximum atomic E-state index is 13.2. The van der Waals surface area contributed by atoms with Gasteiger partial charge in [0.1, 0.15) is 18.3 Å². The molecular formula is C23H46N2O7. The molecule has 9 heteroatoms. The third-order valence-electron chi connectivity index (χ3n) is 6.66. The molecule has 0 fully saturated rings. The lowest BCUT2D eigenvalue weighted by Crippen LogP contribution is -2.53. The van der Waals surface area contributed by atoms with Crippen LogP contribution < -0.4 is 10.6 Å². The summed E-state index contributed by atoms with van der Waals surface area (Å²) in [6.45, 7) is 10.7. The van der Waals surface area contributed by atoms with E-state index in [0.29, 0.717) is 6.42 Å². The molecule has 6 unspecified atom stereocenters. The Labute approximate surface area is 192 Å². The van der Waals surface area contributed by atoms with Crippen molar-refractivity contribution >= 4 is 11.7 Å². The van der Waals surface area contributed by atoms with E-state index in [-0.39, 0.29) is 23.8 Å². The summed E-state index contributed by atoms with van der Waals surface area (Å²) in [6.07, 6.45) is -3.21. The van der Waals surface area contributed by atoms with Crippen LogP contribution in [0, 0.1) is 11.8 Å². The smallest absolute Gasteiger partial charge is 0.222 e. The lowest BCUT2D eigenvalue weighted by molar-refractivity contribution is -0.130. The summed E-state index contributed by atoms with van der Waals surface area (Å²) in [5, 5.41) is 53.8. The van der Waals surface area contributed by atoms with Crippen LogP contribution in [0.1, 0.15) is 73.6 Å². The molecule has 0 bridgehead atoms. The first-order valence-electron chi connectivity index (χ1n) is 11.8. The second kappa shape index (κ2) is 14.9. The zero-order valence-corrected chi connectivity index (χ0v) is 20.5. The molecule has 9 nitrogen and oxygen atoms in total. The largest absolute Gasteiger partial charge is 0.394 e. The Morgan fingerprint density at radius 1 is 0.906 bits per heavy atom. The van der Waals surface area contributed by atoms with Gasteiger partial charge in [-0.25, -0.2) is 0 Å². The van der Waals surface area contributed by atoms with Crippen LogP contribution in [0.4, 0.5) is 0 Å². The van der Waals surface area contributed by atoms with Gasteiger partial charge in [0.25, 0.3) is 0 Å². The molecule has 0 aliphatic heterocycles. The number of hydrogen-bond acceptors (Lipinski definition) is 8. The molecule has 190 valence electrons. The van der Waals surface area contributed by atoms with Crippen LogP contribution >= 0.6 is 0 Å². The van der Waals surface area contributed by atoms with Gasteiger partial charge in [0.05, 0.1) is 18.8 Å². The van der Waals surface area contributed by atoms with Crippen molar-refractivity contribution in [1.29, 1.82) is 0 Å². The van der Waals surface area contributed by atoms with Gasteiger partial charge >= 0.3 is 0 Å². The fourth-order valence-corrected chi connectivity index (χ4v) is 3.62. The number of carbonyl (C=O) groups is 2. The predicted octanol–water partition coefficient (Wildman–Crippen LogP) is 0.107. The van der Waals surface area contributed by atoms with Crippen molar-refractivity contribution < 1.29 is 35.1 Å². The Balaban J connectivity index is 5.16. The summed E-state index contributed by atoms with van der Waals surface area (Å²) in [7, 11) is 0. The highest BCUT2D eigenvalue weighted by Gasteiger charge is 2.34. The molecule has 0 radical (unpaired) electrons. The van der Waals surface area contributed by atoms with Crippen molar-refractivity contribution in [1.82, 2.24) is 10.6 Å². The second-order valence-electron chi connectivity index (χ2n) is 9.06. The highest BCUT2D eigenvalue weighted by atomic mass is 16.4. The Bertz CT molecular complexity index is 552. The first-order valence-corrected chi connectivity index (χ1v) is 11.8. The summed E-state index contributed by atoms with van der Waals surface area (Å²) in [5.74, 6) is -0.926. The highest BCUT2D eigenvalue weighted by molar-refractivity contribution is 5.87. The third-order valence-corrected chi connectivity index (χ3v) is 6.66. The highest BCUT2D eigenvalue weighted by Crippen LogP contribution is 2.22. The van der Waals surface area contributed by atoms with Crippen molar-refractivity contribution in [3.63, 3.8) is 0 Å². The Morgan fingerprint density at radius 2 is 1.41 bits per heavy atom. The van der Waals surface area contributed by atoms with E-state index in [1.807, 2.05) is 13.8 Å². The number of ketones is 1. The van der Waals surface area contributed by atoms with Crippen LogP contribution in [0.3, 0.4) is 0 Å². The van der Waals surface area contributed by atoms with Gasteiger partial charge < -0.3 is 36.2 Å². The fourth-order valence-electron chi connectivity index (χ4n) is 3.62. The summed E-state index contributed by atoms with van der Waals surface area (Å²) >= 11 is 0. The molecule has 1 amide bonds. The maximum Gasteiger partial charge on any atom is 0.222 e. The Kier molecular flexibility index (Phi) is 14.4. The average Bonchev–Trinajstić information content (AvgIpc) is 2.80. The quantitative estimate of drug-likeness (QED) is 0.160. The number of aliphatic hydroxyl groups excluding tert-OH is 5. The van der Waals surface area contributed by atoms with Gasteiger partial charge in [-0.05, 0) is 39.0 Å². The van der Waals surface area contributed by atoms with Gasteiger partial charge in [-0.3, -0.25) is 9.59 Å². The van der Waals surface area contributed by atoms with E-state index in [0.717, 1.165) is 25.7 Å². The predicted molar refractivity (Wildman–Crippen MR) is 123 cm³/mol. The van der Waals surface area contributed by atoms with Gasteiger partial charge in [0, 0.05) is 23.9 Å². The lowest BCUT2D eigenvalue weighted by atomic mass is 9.85. The minimum absolute atomic E-state index is 0.0860. The van der Waals surface area contributed by atoms with E-state index < -0.39 is 48.9 Å². The molecule has 0 heterocycles. The van der Waals surface area contributed by atoms with E-state index in [2.05, 4.69) is 31.4 Å². The van der Waals surface area contributed by atoms with Crippen LogP contribution in [0.15, 0.2) is 0 Å². The minimum atomic E-state index is -1.75. The molecule has 0 saturated heterocycles. The van der Waals surface area contributed by atoms with Gasteiger partial charge in [-0.15, -0.1) is 0 Å². The average molecular weight is 463 g/mol. The SMILES string of the molecule is CCC(CC)C(=O)C(CC(C)C(=O)NCC(O)C(O)C(O)C(O)CO)NC(C)(CC)CC. The topological polar surface area (TPSA) is 159 Å². The first kappa shape index (κ1) is 30.9. The van der Waals surface area contributed by atoms with Crippen molar-refractivity contribution in [3.05, 3.63) is 0 Å². The molecule has 0 aliphatic rings. The van der Waals surface area contributed by atoms with Crippen LogP contribution in [0.5, 0.6) is 0 Å². The summed E-state index contributed by atoms with van der Waals surface area (Å²) in [4.78, 5) is 25.8. The van der Waals surface area contributed by atoms with Gasteiger partial charge in [-0.2, -0.15) is 0 Å². The minimum Gasteiger partial charge on any atom is -0.394 e. The van der Waals surface area contributed by atoms with Crippen molar-refractivity contribution in [2.45, 2.75) is 110 Å². The first-order chi connectivity index (χ1) is 14.9. The van der Waals surface area contributed by atoms with Gasteiger partial charge in [-0.1, -0.05) is 34.6 Å². The molecule has 0 aromatic rings. The zero-order valence-electron chi connectivity index (χ0n) is 20.5. The number of carbonyl (C=O) groups excluding carboxylic acids is 2. The van der Waals surface area contributed by atoms with E-state index in [4.69, 9.17) is 5.11 Å². The van der Waals surface area contributed by atoms with E-state index in [1.165, 1.54) is 0 Å². The number of aliphatic hydroxyl groups is 5. The summed E-state index contributed by atoms with van der Waals surface area (Å²) in [6, 6.07) is -0.484. The molecule has 0 saturated carbocycles. The Hall–Kier alpha value is -1.10. The standard InChI is InChI=1S/C23H46N2O7/c1-7-15(8-2)19(29)16(25-23(6,9-3)10-4)11-14(5)22(32)24-12-17(27)20(30)21(31)18(28)13-26/h14-18,20-21,25-28,30-31H,7-13H2,1-6H3,(H,24,32). The monoisotopic (exact) mass is 462 g/mol. The summed E-state index contributed by atoms with van der Waals surface area (Å²) < 4.78 is 0. The third kappa shape index (κ3) is 9.41. The number of hydrogen-bond donors (Lipinski definition) is 7. The maximum absolute atomic E-state index is 13.2.